The molecule has 100 valence electrons. The van der Waals surface area contributed by atoms with Crippen LogP contribution in [0.1, 0.15) is 27.2 Å². The fourth-order valence-corrected chi connectivity index (χ4v) is 3.38. The van der Waals surface area contributed by atoms with Gasteiger partial charge in [0.05, 0.1) is 13.2 Å². The van der Waals surface area contributed by atoms with Gasteiger partial charge in [0.15, 0.2) is 0 Å². The van der Waals surface area contributed by atoms with Crippen LogP contribution in [0, 0.1) is 0 Å². The van der Waals surface area contributed by atoms with Gasteiger partial charge in [-0.05, 0) is 26.8 Å². The lowest BCUT2D eigenvalue weighted by Gasteiger charge is -2.28. The van der Waals surface area contributed by atoms with E-state index in [1.807, 2.05) is 13.8 Å². The second kappa shape index (κ2) is 6.61. The molecule has 0 bridgehead atoms. The molecule has 4 nitrogen and oxygen atoms in total. The van der Waals surface area contributed by atoms with Gasteiger partial charge in [-0.3, -0.25) is 4.79 Å². The first kappa shape index (κ1) is 14.8. The van der Waals surface area contributed by atoms with E-state index in [9.17, 15) is 4.79 Å². The maximum Gasteiger partial charge on any atom is 0.326 e. The smallest absolute Gasteiger partial charge is 0.326 e. The number of methoxy groups -OCH3 is 1. The largest absolute Gasteiger partial charge is 0.468 e. The van der Waals surface area contributed by atoms with Crippen molar-refractivity contribution in [3.05, 3.63) is 0 Å². The van der Waals surface area contributed by atoms with Gasteiger partial charge in [-0.15, -0.1) is 0 Å². The van der Waals surface area contributed by atoms with Crippen molar-refractivity contribution in [2.45, 2.75) is 44.1 Å². The van der Waals surface area contributed by atoms with E-state index in [-0.39, 0.29) is 12.1 Å². The molecule has 1 aliphatic heterocycles. The summed E-state index contributed by atoms with van der Waals surface area (Å²) < 4.78 is 10.4. The van der Waals surface area contributed by atoms with E-state index in [2.05, 4.69) is 12.2 Å². The van der Waals surface area contributed by atoms with Gasteiger partial charge in [-0.25, -0.2) is 0 Å². The summed E-state index contributed by atoms with van der Waals surface area (Å²) in [4.78, 5) is 11.8. The Hall–Kier alpha value is -0.260. The fraction of sp³-hybridized carbons (Fsp3) is 0.917. The van der Waals surface area contributed by atoms with E-state index in [1.165, 1.54) is 7.11 Å². The number of thioether (sulfide) groups is 1. The van der Waals surface area contributed by atoms with Crippen LogP contribution >= 0.6 is 11.8 Å². The third kappa shape index (κ3) is 3.86. The molecule has 17 heavy (non-hydrogen) atoms. The summed E-state index contributed by atoms with van der Waals surface area (Å²) in [7, 11) is 1.43. The second-order valence-electron chi connectivity index (χ2n) is 4.57. The lowest BCUT2D eigenvalue weighted by atomic mass is 10.1. The Morgan fingerprint density at radius 1 is 1.65 bits per heavy atom. The minimum atomic E-state index is -0.601. The van der Waals surface area contributed by atoms with Crippen LogP contribution in [0.4, 0.5) is 0 Å². The first-order chi connectivity index (χ1) is 8.03. The third-order valence-electron chi connectivity index (χ3n) is 3.10. The van der Waals surface area contributed by atoms with Crippen molar-refractivity contribution in [3.8, 4) is 0 Å². The molecule has 1 heterocycles. The van der Waals surface area contributed by atoms with E-state index in [4.69, 9.17) is 9.47 Å². The van der Waals surface area contributed by atoms with Gasteiger partial charge >= 0.3 is 5.97 Å². The average molecular weight is 261 g/mol. The number of carbonyl (C=O) groups excluding carboxylic acids is 1. The van der Waals surface area contributed by atoms with E-state index >= 15 is 0 Å². The van der Waals surface area contributed by atoms with Gasteiger partial charge in [0.25, 0.3) is 0 Å². The molecular formula is C12H23NO3S. The molecule has 1 aliphatic rings. The highest BCUT2D eigenvalue weighted by Crippen LogP contribution is 2.29. The highest BCUT2D eigenvalue weighted by molar-refractivity contribution is 8.00. The molecule has 0 spiro atoms. The summed E-state index contributed by atoms with van der Waals surface area (Å²) in [5.41, 5.74) is -0.601. The molecule has 0 radical (unpaired) electrons. The van der Waals surface area contributed by atoms with Gasteiger partial charge in [-0.1, -0.05) is 6.92 Å². The maximum atomic E-state index is 11.8. The summed E-state index contributed by atoms with van der Waals surface area (Å²) in [5, 5.41) is 3.70. The standard InChI is InChI=1S/C12H23NO3S/c1-5-13-12(3,11(14)15-4)8-17-10-6-7-16-9(10)2/h9-10,13H,5-8H2,1-4H3. The number of likely N-dealkylation sites (N-methyl/N-ethyl adjacent to an activating group) is 1. The van der Waals surface area contributed by atoms with Crippen LogP contribution in [0.25, 0.3) is 0 Å². The second-order valence-corrected chi connectivity index (χ2v) is 5.80. The minimum Gasteiger partial charge on any atom is -0.468 e. The van der Waals surface area contributed by atoms with Crippen LogP contribution in [-0.2, 0) is 14.3 Å². The zero-order chi connectivity index (χ0) is 12.9. The molecule has 0 aromatic rings. The molecule has 0 aromatic carbocycles. The van der Waals surface area contributed by atoms with Crippen molar-refractivity contribution < 1.29 is 14.3 Å². The molecule has 0 aromatic heterocycles. The predicted octanol–water partition coefficient (Wildman–Crippen LogP) is 1.44. The molecule has 3 atom stereocenters. The predicted molar refractivity (Wildman–Crippen MR) is 70.4 cm³/mol. The van der Waals surface area contributed by atoms with E-state index in [1.54, 1.807) is 11.8 Å². The molecule has 5 heteroatoms. The number of hydrogen-bond donors (Lipinski definition) is 1. The summed E-state index contributed by atoms with van der Waals surface area (Å²) in [6.45, 7) is 7.56. The Balaban J connectivity index is 2.51. The fourth-order valence-electron chi connectivity index (χ4n) is 2.00. The minimum absolute atomic E-state index is 0.196. The zero-order valence-electron chi connectivity index (χ0n) is 11.1. The molecule has 1 N–H and O–H groups in total. The lowest BCUT2D eigenvalue weighted by Crippen LogP contribution is -2.52. The number of carbonyl (C=O) groups is 1. The molecule has 1 rings (SSSR count). The summed E-state index contributed by atoms with van der Waals surface area (Å²) in [5.74, 6) is 0.518. The molecule has 0 amide bonds. The first-order valence-electron chi connectivity index (χ1n) is 6.10. The zero-order valence-corrected chi connectivity index (χ0v) is 11.9. The van der Waals surface area contributed by atoms with E-state index in [0.29, 0.717) is 11.0 Å². The number of nitrogens with one attached hydrogen (secondary N) is 1. The Morgan fingerprint density at radius 2 is 2.35 bits per heavy atom. The molecule has 1 saturated heterocycles. The van der Waals surface area contributed by atoms with Crippen molar-refractivity contribution in [2.75, 3.05) is 26.0 Å². The highest BCUT2D eigenvalue weighted by Gasteiger charge is 2.36. The topological polar surface area (TPSA) is 47.6 Å². The normalized spacial score (nSPS) is 27.8. The Kier molecular flexibility index (Phi) is 5.76. The van der Waals surface area contributed by atoms with Crippen molar-refractivity contribution in [1.82, 2.24) is 5.32 Å². The van der Waals surface area contributed by atoms with Crippen LogP contribution in [0.3, 0.4) is 0 Å². The quantitative estimate of drug-likeness (QED) is 0.733. The van der Waals surface area contributed by atoms with Crippen LogP contribution < -0.4 is 5.32 Å². The number of rotatable bonds is 6. The first-order valence-corrected chi connectivity index (χ1v) is 7.15. The summed E-state index contributed by atoms with van der Waals surface area (Å²) >= 11 is 1.79. The van der Waals surface area contributed by atoms with Gasteiger partial charge < -0.3 is 14.8 Å². The maximum absolute atomic E-state index is 11.8. The number of hydrogen-bond acceptors (Lipinski definition) is 5. The Labute approximate surface area is 108 Å². The van der Waals surface area contributed by atoms with Crippen molar-refractivity contribution >= 4 is 17.7 Å². The van der Waals surface area contributed by atoms with Crippen LogP contribution in [-0.4, -0.2) is 48.9 Å². The molecule has 0 saturated carbocycles. The molecular weight excluding hydrogens is 238 g/mol. The summed E-state index contributed by atoms with van der Waals surface area (Å²) in [6.07, 6.45) is 1.35. The Bertz CT molecular complexity index is 262. The van der Waals surface area contributed by atoms with Crippen molar-refractivity contribution in [1.29, 1.82) is 0 Å². The average Bonchev–Trinajstić information content (AvgIpc) is 2.71. The van der Waals surface area contributed by atoms with Gasteiger partial charge in [0.1, 0.15) is 5.54 Å². The van der Waals surface area contributed by atoms with E-state index < -0.39 is 5.54 Å². The monoisotopic (exact) mass is 261 g/mol. The number of esters is 1. The highest BCUT2D eigenvalue weighted by atomic mass is 32.2. The van der Waals surface area contributed by atoms with Gasteiger partial charge in [0.2, 0.25) is 0 Å². The van der Waals surface area contributed by atoms with Crippen LogP contribution in [0.5, 0.6) is 0 Å². The van der Waals surface area contributed by atoms with Crippen LogP contribution in [0.2, 0.25) is 0 Å². The van der Waals surface area contributed by atoms with Gasteiger partial charge in [-0.2, -0.15) is 11.8 Å². The number of ether oxygens (including phenoxy) is 2. The van der Waals surface area contributed by atoms with Crippen molar-refractivity contribution in [3.63, 3.8) is 0 Å². The SMILES string of the molecule is CCNC(C)(CSC1CCOC1C)C(=O)OC. The van der Waals surface area contributed by atoms with E-state index in [0.717, 1.165) is 19.6 Å². The molecule has 3 unspecified atom stereocenters. The molecule has 0 aliphatic carbocycles. The Morgan fingerprint density at radius 3 is 2.82 bits per heavy atom. The van der Waals surface area contributed by atoms with Crippen molar-refractivity contribution in [2.24, 2.45) is 0 Å². The van der Waals surface area contributed by atoms with Gasteiger partial charge in [0, 0.05) is 17.6 Å². The summed E-state index contributed by atoms with van der Waals surface area (Å²) in [6, 6.07) is 0. The molecule has 1 fully saturated rings. The lowest BCUT2D eigenvalue weighted by molar-refractivity contribution is -0.146. The third-order valence-corrected chi connectivity index (χ3v) is 4.89. The van der Waals surface area contributed by atoms with Crippen LogP contribution in [0.15, 0.2) is 0 Å².